The molecule has 0 saturated heterocycles. The summed E-state index contributed by atoms with van der Waals surface area (Å²) >= 11 is 0. The van der Waals surface area contributed by atoms with Crippen molar-refractivity contribution in [2.45, 2.75) is 344 Å². The van der Waals surface area contributed by atoms with Crippen LogP contribution in [0.3, 0.4) is 0 Å². The lowest BCUT2D eigenvalue weighted by molar-refractivity contribution is 0.827. The third kappa shape index (κ3) is 40.7. The fourth-order valence-electron chi connectivity index (χ4n) is 16.4. The average Bonchev–Trinajstić information content (AvgIpc) is 1.67. The van der Waals surface area contributed by atoms with E-state index in [4.69, 9.17) is 0 Å². The zero-order chi connectivity index (χ0) is 108. The van der Waals surface area contributed by atoms with Crippen molar-refractivity contribution in [1.29, 1.82) is 0 Å². The highest BCUT2D eigenvalue weighted by atomic mass is 19.0. The van der Waals surface area contributed by atoms with Crippen LogP contribution in [0, 0.1) is 0 Å². The predicted molar refractivity (Wildman–Crippen MR) is 678 cm³/mol. The molecule has 0 N–H and O–H groups in total. The molecule has 0 atom stereocenters. The second-order valence-electron chi connectivity index (χ2n) is 26.4. The topological polar surface area (TPSA) is 34.5 Å². The first-order chi connectivity index (χ1) is 69.9. The Morgan fingerprint density at radius 1 is 0.0946 bits per heavy atom. The van der Waals surface area contributed by atoms with Crippen LogP contribution in [0.5, 0.6) is 0 Å². The van der Waals surface area contributed by atoms with Gasteiger partial charge in [0.05, 0.1) is 0 Å². The first-order valence-corrected chi connectivity index (χ1v) is 55.6. The first-order valence-electron chi connectivity index (χ1n) is 55.6. The van der Waals surface area contributed by atoms with E-state index in [-0.39, 0.29) is 32.9 Å². The molecule has 0 amide bonds. The Bertz CT molecular complexity index is 5120. The van der Waals surface area contributed by atoms with Crippen molar-refractivity contribution in [2.75, 3.05) is 0 Å². The summed E-state index contributed by atoms with van der Waals surface area (Å²) in [4.78, 5) is 0. The molecule has 0 saturated carbocycles. The molecule has 0 aliphatic rings. The molecular formula is C134H206F7N7. The van der Waals surface area contributed by atoms with Gasteiger partial charge in [0.2, 0.25) is 0 Å². The van der Waals surface area contributed by atoms with E-state index in [1.807, 2.05) is 249 Å². The largest absolute Gasteiger partial charge is 0.341 e. The summed E-state index contributed by atoms with van der Waals surface area (Å²) in [6, 6.07) is 120. The van der Waals surface area contributed by atoms with Crippen molar-refractivity contribution >= 4 is 153 Å². The summed E-state index contributed by atoms with van der Waals surface area (Å²) in [6.07, 6.45) is 0. The van der Waals surface area contributed by atoms with Gasteiger partial charge in [-0.05, 0) is 133 Å². The van der Waals surface area contributed by atoms with E-state index in [1.54, 1.807) is 0 Å². The molecule has 14 aromatic carbocycles. The highest BCUT2D eigenvalue weighted by Crippen LogP contribution is 2.35. The molecule has 0 unspecified atom stereocenters. The molecule has 826 valence electrons. The minimum absolute atomic E-state index is 0. The Kier molecular flexibility index (Phi) is 105. The summed E-state index contributed by atoms with van der Waals surface area (Å²) in [5, 5.41) is 19.0. The van der Waals surface area contributed by atoms with Gasteiger partial charge in [-0.1, -0.05) is 504 Å². The number of nitrogens with zero attached hydrogens (tertiary/aromatic N) is 7. The quantitative estimate of drug-likeness (QED) is 0.143. The van der Waals surface area contributed by atoms with Gasteiger partial charge in [0.1, 0.15) is 0 Å². The monoisotopic (exact) mass is 2050 g/mol. The number of benzene rings is 14. The highest BCUT2D eigenvalue weighted by Gasteiger charge is 2.14. The Labute approximate surface area is 895 Å². The van der Waals surface area contributed by atoms with Crippen molar-refractivity contribution in [3.8, 4) is 0 Å². The van der Waals surface area contributed by atoms with Gasteiger partial charge in [0.25, 0.3) is 0 Å². The fraction of sp³-hybridized carbons (Fsp3) is 0.373. The summed E-state index contributed by atoms with van der Waals surface area (Å²) in [5.41, 5.74) is 18.7. The van der Waals surface area contributed by atoms with E-state index in [2.05, 4.69) is 420 Å². The number of hydrogen-bond acceptors (Lipinski definition) is 0. The molecule has 21 rings (SSSR count). The van der Waals surface area contributed by atoms with E-state index < -0.39 is 0 Å². The lowest BCUT2D eigenvalue weighted by atomic mass is 10.2. The van der Waals surface area contributed by atoms with Crippen LogP contribution in [0.25, 0.3) is 153 Å². The molecule has 0 spiro atoms. The normalized spacial score (nSPS) is 8.72. The molecule has 0 aliphatic heterocycles. The van der Waals surface area contributed by atoms with Crippen LogP contribution in [0.2, 0.25) is 0 Å². The van der Waals surface area contributed by atoms with Crippen LogP contribution in [0.15, 0.2) is 340 Å². The Morgan fingerprint density at radius 2 is 0.142 bits per heavy atom. The van der Waals surface area contributed by atoms with Gasteiger partial charge in [-0.15, -0.1) is 0 Å². The number of fused-ring (bicyclic) bond motifs is 21. The van der Waals surface area contributed by atoms with Gasteiger partial charge in [0.15, 0.2) is 0 Å². The molecule has 0 aliphatic carbocycles. The zero-order valence-electron chi connectivity index (χ0n) is 100. The summed E-state index contributed by atoms with van der Waals surface area (Å²) in [5.74, 6) is 0. The van der Waals surface area contributed by atoms with E-state index in [1.165, 1.54) is 153 Å². The number of rotatable bonds is 7. The Balaban J connectivity index is -0.000000155. The summed E-state index contributed by atoms with van der Waals surface area (Å²) < 4.78 is 16.6. The van der Waals surface area contributed by atoms with Crippen molar-refractivity contribution < 1.29 is 32.9 Å². The standard InChI is InChI=1S/7C14H13N.18C2H6.7FH/c7*1-2-15-13-9-5-3-7-11(13)12-8-4-6-10-14(12)15;18*1-2;;;;;;;/h7*3-10H,2H2,1H3;18*1-2H3;7*1H. The average molecular weight is 2050 g/mol. The van der Waals surface area contributed by atoms with E-state index in [0.717, 1.165) is 45.8 Å². The van der Waals surface area contributed by atoms with Crippen molar-refractivity contribution in [1.82, 2.24) is 32.0 Å². The third-order valence-electron chi connectivity index (χ3n) is 21.0. The minimum Gasteiger partial charge on any atom is -0.341 e. The second-order valence-corrected chi connectivity index (χ2v) is 26.4. The maximum absolute atomic E-state index is 2.37. The van der Waals surface area contributed by atoms with Crippen LogP contribution >= 0.6 is 0 Å². The molecule has 148 heavy (non-hydrogen) atoms. The van der Waals surface area contributed by atoms with Gasteiger partial charge in [0, 0.05) is 198 Å². The number of hydrogen-bond donors (Lipinski definition) is 0. The van der Waals surface area contributed by atoms with E-state index in [9.17, 15) is 0 Å². The highest BCUT2D eigenvalue weighted by molar-refractivity contribution is 6.13. The molecule has 0 radical (unpaired) electrons. The smallest absolute Gasteiger partial charge is 0.0491 e. The lowest BCUT2D eigenvalue weighted by Crippen LogP contribution is -1.91. The van der Waals surface area contributed by atoms with Crippen LogP contribution in [0.4, 0.5) is 32.9 Å². The van der Waals surface area contributed by atoms with Gasteiger partial charge in [-0.25, -0.2) is 0 Å². The third-order valence-corrected chi connectivity index (χ3v) is 21.0. The SMILES string of the molecule is CC.CC.CC.CC.CC.CC.CC.CC.CC.CC.CC.CC.CC.CC.CC.CC.CC.CC.CCn1c2ccccc2c2ccccc21.CCn1c2ccccc2c2ccccc21.CCn1c2ccccc2c2ccccc21.CCn1c2ccccc2c2ccccc21.CCn1c2ccccc2c2ccccc21.CCn1c2ccccc2c2ccccc21.CCn1c2ccccc2c2ccccc21.F.F.F.F.F.F.F. The maximum Gasteiger partial charge on any atom is 0.0491 e. The Hall–Kier alpha value is -12.8. The zero-order valence-corrected chi connectivity index (χ0v) is 100. The molecule has 7 nitrogen and oxygen atoms in total. The lowest BCUT2D eigenvalue weighted by Gasteiger charge is -2.01. The number of para-hydroxylation sites is 14. The fourth-order valence-corrected chi connectivity index (χ4v) is 16.4. The van der Waals surface area contributed by atoms with Gasteiger partial charge in [-0.2, -0.15) is 0 Å². The molecule has 7 heterocycles. The van der Waals surface area contributed by atoms with Gasteiger partial charge >= 0.3 is 0 Å². The number of halogens is 7. The number of aryl methyl sites for hydroxylation is 7. The van der Waals surface area contributed by atoms with Crippen molar-refractivity contribution in [2.24, 2.45) is 0 Å². The molecule has 0 fully saturated rings. The van der Waals surface area contributed by atoms with Crippen molar-refractivity contribution in [3.63, 3.8) is 0 Å². The van der Waals surface area contributed by atoms with Gasteiger partial charge < -0.3 is 32.0 Å². The molecule has 14 heteroatoms. The van der Waals surface area contributed by atoms with Crippen LogP contribution < -0.4 is 0 Å². The molecular weight excluding hydrogens is 1840 g/mol. The molecule has 21 aromatic rings. The second kappa shape index (κ2) is 98.8. The first kappa shape index (κ1) is 158. The molecule has 0 bridgehead atoms. The van der Waals surface area contributed by atoms with Crippen LogP contribution in [0.1, 0.15) is 298 Å². The van der Waals surface area contributed by atoms with Crippen LogP contribution in [-0.2, 0) is 45.8 Å². The summed E-state index contributed by atoms with van der Waals surface area (Å²) in [7, 11) is 0. The summed E-state index contributed by atoms with van der Waals surface area (Å²) in [6.45, 7) is 94.5. The molecule has 7 aromatic heterocycles. The van der Waals surface area contributed by atoms with E-state index >= 15 is 0 Å². The predicted octanol–water partition coefficient (Wildman–Crippen LogP) is 46.2. The maximum atomic E-state index is 2.37. The minimum atomic E-state index is 0. The van der Waals surface area contributed by atoms with Crippen molar-refractivity contribution in [3.05, 3.63) is 340 Å². The van der Waals surface area contributed by atoms with E-state index in [0.29, 0.717) is 0 Å². The Morgan fingerprint density at radius 3 is 0.189 bits per heavy atom. The van der Waals surface area contributed by atoms with Gasteiger partial charge in [-0.3, -0.25) is 32.9 Å². The van der Waals surface area contributed by atoms with Crippen LogP contribution in [-0.4, -0.2) is 32.0 Å². The number of aromatic nitrogens is 7.